The van der Waals surface area contributed by atoms with Crippen molar-refractivity contribution in [2.24, 2.45) is 11.7 Å². The lowest BCUT2D eigenvalue weighted by molar-refractivity contribution is -0.137. The number of halogens is 4. The van der Waals surface area contributed by atoms with Gasteiger partial charge in [0, 0.05) is 6.04 Å². The average molecular weight is 264 g/mol. The summed E-state index contributed by atoms with van der Waals surface area (Å²) in [5.74, 6) is 0.303. The second-order valence-corrected chi connectivity index (χ2v) is 4.86. The quantitative estimate of drug-likeness (QED) is 0.852. The van der Waals surface area contributed by atoms with Gasteiger partial charge in [0.05, 0.1) is 10.6 Å². The fourth-order valence-electron chi connectivity index (χ4n) is 2.04. The van der Waals surface area contributed by atoms with E-state index in [9.17, 15) is 13.2 Å². The molecule has 0 spiro atoms. The van der Waals surface area contributed by atoms with E-state index < -0.39 is 11.7 Å². The van der Waals surface area contributed by atoms with Crippen molar-refractivity contribution in [3.63, 3.8) is 0 Å². The van der Waals surface area contributed by atoms with Crippen LogP contribution in [0.3, 0.4) is 0 Å². The van der Waals surface area contributed by atoms with Gasteiger partial charge in [-0.05, 0) is 36.5 Å². The molecule has 1 nitrogen and oxygen atoms in total. The maximum Gasteiger partial charge on any atom is 0.417 e. The summed E-state index contributed by atoms with van der Waals surface area (Å²) in [4.78, 5) is 0. The van der Waals surface area contributed by atoms with Crippen LogP contribution in [-0.2, 0) is 6.18 Å². The van der Waals surface area contributed by atoms with E-state index in [1.807, 2.05) is 0 Å². The van der Waals surface area contributed by atoms with Crippen LogP contribution in [0.4, 0.5) is 13.2 Å². The molecule has 5 heteroatoms. The minimum Gasteiger partial charge on any atom is -0.324 e. The summed E-state index contributed by atoms with van der Waals surface area (Å²) in [7, 11) is 0. The first-order chi connectivity index (χ1) is 7.89. The van der Waals surface area contributed by atoms with E-state index in [2.05, 4.69) is 0 Å². The van der Waals surface area contributed by atoms with Gasteiger partial charge in [0.15, 0.2) is 0 Å². The van der Waals surface area contributed by atoms with E-state index in [1.54, 1.807) is 6.07 Å². The Balaban J connectivity index is 2.30. The zero-order chi connectivity index (χ0) is 12.6. The van der Waals surface area contributed by atoms with Crippen LogP contribution >= 0.6 is 11.6 Å². The maximum atomic E-state index is 12.7. The summed E-state index contributed by atoms with van der Waals surface area (Å²) >= 11 is 5.55. The van der Waals surface area contributed by atoms with Gasteiger partial charge in [-0.3, -0.25) is 0 Å². The van der Waals surface area contributed by atoms with Crippen molar-refractivity contribution in [3.8, 4) is 0 Å². The van der Waals surface area contributed by atoms with Gasteiger partial charge >= 0.3 is 6.18 Å². The molecule has 0 aromatic heterocycles. The molecule has 2 rings (SSSR count). The lowest BCUT2D eigenvalue weighted by atomic mass is 9.77. The van der Waals surface area contributed by atoms with Crippen molar-refractivity contribution in [3.05, 3.63) is 34.3 Å². The number of benzene rings is 1. The molecule has 1 aliphatic carbocycles. The molecule has 2 N–H and O–H groups in total. The van der Waals surface area contributed by atoms with E-state index in [1.165, 1.54) is 6.07 Å². The van der Waals surface area contributed by atoms with Crippen molar-refractivity contribution in [1.29, 1.82) is 0 Å². The first-order valence-electron chi connectivity index (χ1n) is 5.52. The zero-order valence-electron chi connectivity index (χ0n) is 9.10. The first-order valence-corrected chi connectivity index (χ1v) is 5.89. The van der Waals surface area contributed by atoms with Crippen molar-refractivity contribution >= 4 is 11.6 Å². The average Bonchev–Trinajstić information content (AvgIpc) is 2.13. The third kappa shape index (κ3) is 2.58. The molecule has 0 radical (unpaired) electrons. The molecule has 0 bridgehead atoms. The van der Waals surface area contributed by atoms with Crippen molar-refractivity contribution in [1.82, 2.24) is 0 Å². The van der Waals surface area contributed by atoms with Gasteiger partial charge in [0.2, 0.25) is 0 Å². The summed E-state index contributed by atoms with van der Waals surface area (Å²) in [5.41, 5.74) is 5.67. The second-order valence-electron chi connectivity index (χ2n) is 4.45. The Bertz CT molecular complexity index is 413. The molecular weight excluding hydrogens is 251 g/mol. The van der Waals surface area contributed by atoms with Gasteiger partial charge in [-0.15, -0.1) is 0 Å². The SMILES string of the molecule is N[C@H](c1ccc(Cl)c(C(F)(F)F)c1)C1CCC1. The van der Waals surface area contributed by atoms with Gasteiger partial charge in [-0.2, -0.15) is 13.2 Å². The summed E-state index contributed by atoms with van der Waals surface area (Å²) < 4.78 is 38.0. The summed E-state index contributed by atoms with van der Waals surface area (Å²) in [6.07, 6.45) is -1.33. The molecule has 0 unspecified atom stereocenters. The summed E-state index contributed by atoms with van der Waals surface area (Å²) in [6.45, 7) is 0. The normalized spacial score (nSPS) is 18.9. The van der Waals surface area contributed by atoms with Crippen LogP contribution in [0, 0.1) is 5.92 Å². The Morgan fingerprint density at radius 1 is 1.29 bits per heavy atom. The fourth-order valence-corrected chi connectivity index (χ4v) is 2.26. The topological polar surface area (TPSA) is 26.0 Å². The van der Waals surface area contributed by atoms with Gasteiger partial charge in [-0.1, -0.05) is 24.1 Å². The third-order valence-electron chi connectivity index (χ3n) is 3.34. The Labute approximate surface area is 103 Å². The minimum atomic E-state index is -4.42. The predicted octanol–water partition coefficient (Wildman–Crippen LogP) is 4.16. The fraction of sp³-hybridized carbons (Fsp3) is 0.500. The highest BCUT2D eigenvalue weighted by Gasteiger charge is 2.34. The Kier molecular flexibility index (Phi) is 3.36. The minimum absolute atomic E-state index is 0.276. The van der Waals surface area contributed by atoms with Crippen LogP contribution in [0.5, 0.6) is 0 Å². The second kappa shape index (κ2) is 4.50. The zero-order valence-corrected chi connectivity index (χ0v) is 9.85. The molecule has 0 saturated heterocycles. The molecule has 0 heterocycles. The standard InChI is InChI=1S/C12H13ClF3N/c13-10-5-4-8(6-9(10)12(14,15)16)11(17)7-2-1-3-7/h4-7,11H,1-3,17H2/t11-/m0/s1. The van der Waals surface area contributed by atoms with Gasteiger partial charge in [0.1, 0.15) is 0 Å². The molecule has 1 fully saturated rings. The van der Waals surface area contributed by atoms with Crippen LogP contribution in [0.2, 0.25) is 5.02 Å². The lowest BCUT2D eigenvalue weighted by Crippen LogP contribution is -2.27. The highest BCUT2D eigenvalue weighted by molar-refractivity contribution is 6.31. The highest BCUT2D eigenvalue weighted by Crippen LogP contribution is 2.40. The summed E-state index contributed by atoms with van der Waals surface area (Å²) in [5, 5.41) is -0.276. The van der Waals surface area contributed by atoms with E-state index in [0.717, 1.165) is 25.3 Å². The summed E-state index contributed by atoms with van der Waals surface area (Å²) in [6, 6.07) is 3.62. The van der Waals surface area contributed by atoms with Crippen LogP contribution in [0.15, 0.2) is 18.2 Å². The van der Waals surface area contributed by atoms with Crippen LogP contribution in [-0.4, -0.2) is 0 Å². The van der Waals surface area contributed by atoms with E-state index in [4.69, 9.17) is 17.3 Å². The number of nitrogens with two attached hydrogens (primary N) is 1. The Morgan fingerprint density at radius 3 is 2.41 bits per heavy atom. The predicted molar refractivity (Wildman–Crippen MR) is 60.7 cm³/mol. The number of rotatable bonds is 2. The maximum absolute atomic E-state index is 12.7. The molecule has 17 heavy (non-hydrogen) atoms. The molecule has 1 atom stereocenters. The molecule has 1 aromatic rings. The molecular formula is C12H13ClF3N. The number of hydrogen-bond donors (Lipinski definition) is 1. The molecule has 1 aromatic carbocycles. The van der Waals surface area contributed by atoms with Crippen molar-refractivity contribution in [2.45, 2.75) is 31.5 Å². The third-order valence-corrected chi connectivity index (χ3v) is 3.67. The van der Waals surface area contributed by atoms with Gasteiger partial charge < -0.3 is 5.73 Å². The Hall–Kier alpha value is -0.740. The highest BCUT2D eigenvalue weighted by atomic mass is 35.5. The van der Waals surface area contributed by atoms with E-state index >= 15 is 0 Å². The van der Waals surface area contributed by atoms with Gasteiger partial charge in [0.25, 0.3) is 0 Å². The van der Waals surface area contributed by atoms with Crippen LogP contribution < -0.4 is 5.73 Å². The number of hydrogen-bond acceptors (Lipinski definition) is 1. The smallest absolute Gasteiger partial charge is 0.324 e. The van der Waals surface area contributed by atoms with Gasteiger partial charge in [-0.25, -0.2) is 0 Å². The molecule has 0 aliphatic heterocycles. The monoisotopic (exact) mass is 263 g/mol. The van der Waals surface area contributed by atoms with E-state index in [-0.39, 0.29) is 11.1 Å². The van der Waals surface area contributed by atoms with Crippen LogP contribution in [0.1, 0.15) is 36.4 Å². The largest absolute Gasteiger partial charge is 0.417 e. The first kappa shape index (κ1) is 12.7. The van der Waals surface area contributed by atoms with Crippen molar-refractivity contribution < 1.29 is 13.2 Å². The number of alkyl halides is 3. The molecule has 0 amide bonds. The Morgan fingerprint density at radius 2 is 1.94 bits per heavy atom. The van der Waals surface area contributed by atoms with E-state index in [0.29, 0.717) is 11.5 Å². The van der Waals surface area contributed by atoms with Crippen molar-refractivity contribution in [2.75, 3.05) is 0 Å². The lowest BCUT2D eigenvalue weighted by Gasteiger charge is -2.31. The molecule has 94 valence electrons. The van der Waals surface area contributed by atoms with Crippen LogP contribution in [0.25, 0.3) is 0 Å². The molecule has 1 aliphatic rings. The molecule has 1 saturated carbocycles.